The number of imide groups is 1. The van der Waals surface area contributed by atoms with Crippen molar-refractivity contribution in [1.29, 1.82) is 0 Å². The molecular weight excluding hydrogens is 404 g/mol. The van der Waals surface area contributed by atoms with Crippen LogP contribution in [0, 0.1) is 0 Å². The van der Waals surface area contributed by atoms with E-state index in [1.165, 1.54) is 12.8 Å². The van der Waals surface area contributed by atoms with Gasteiger partial charge in [-0.15, -0.1) is 0 Å². The molecule has 0 bridgehead atoms. The molecule has 0 saturated carbocycles. The number of carbonyl (C=O) groups excluding carboxylic acids is 3. The highest BCUT2D eigenvalue weighted by molar-refractivity contribution is 6.10. The fourth-order valence-corrected chi connectivity index (χ4v) is 4.31. The third kappa shape index (κ3) is 4.20. The summed E-state index contributed by atoms with van der Waals surface area (Å²) < 4.78 is 0. The normalized spacial score (nSPS) is 20.8. The summed E-state index contributed by atoms with van der Waals surface area (Å²) in [5.74, 6) is -0.475. The molecule has 0 aromatic heterocycles. The molecule has 1 atom stereocenters. The first-order valence-electron chi connectivity index (χ1n) is 11.2. The maximum atomic E-state index is 13.1. The standard InChI is InChI=1S/C25H30N4O3/c1-17(2)18-6-8-19(9-7-18)25(3)23(31)29(24(32)27-25)16-22(30)26-20-10-12-21(13-11-20)28-14-4-5-15-28/h6-13,17H,4-5,14-16H2,1-3H3,(H,26,30)(H,27,32). The van der Waals surface area contributed by atoms with Gasteiger partial charge in [-0.3, -0.25) is 14.5 Å². The molecule has 32 heavy (non-hydrogen) atoms. The monoisotopic (exact) mass is 434 g/mol. The minimum atomic E-state index is -1.19. The van der Waals surface area contributed by atoms with Crippen LogP contribution >= 0.6 is 0 Å². The Hall–Kier alpha value is -3.35. The van der Waals surface area contributed by atoms with Gasteiger partial charge < -0.3 is 15.5 Å². The van der Waals surface area contributed by atoms with E-state index in [4.69, 9.17) is 0 Å². The average molecular weight is 435 g/mol. The SMILES string of the molecule is CC(C)c1ccc(C2(C)NC(=O)N(CC(=O)Nc3ccc(N4CCCC4)cc3)C2=O)cc1. The lowest BCUT2D eigenvalue weighted by atomic mass is 9.90. The van der Waals surface area contributed by atoms with E-state index in [-0.39, 0.29) is 6.54 Å². The van der Waals surface area contributed by atoms with Crippen LogP contribution in [0.1, 0.15) is 50.7 Å². The van der Waals surface area contributed by atoms with Crippen molar-refractivity contribution < 1.29 is 14.4 Å². The Morgan fingerprint density at radius 3 is 2.25 bits per heavy atom. The molecule has 2 aromatic carbocycles. The highest BCUT2D eigenvalue weighted by atomic mass is 16.2. The summed E-state index contributed by atoms with van der Waals surface area (Å²) in [4.78, 5) is 41.5. The smallest absolute Gasteiger partial charge is 0.325 e. The zero-order valence-corrected chi connectivity index (χ0v) is 18.9. The number of hydrogen-bond donors (Lipinski definition) is 2. The van der Waals surface area contributed by atoms with Gasteiger partial charge in [0.2, 0.25) is 5.91 Å². The summed E-state index contributed by atoms with van der Waals surface area (Å²) in [5.41, 5.74) is 2.43. The van der Waals surface area contributed by atoms with Gasteiger partial charge in [0, 0.05) is 24.5 Å². The first kappa shape index (κ1) is 21.9. The fraction of sp³-hybridized carbons (Fsp3) is 0.400. The second-order valence-corrected chi connectivity index (χ2v) is 9.01. The Bertz CT molecular complexity index is 1010. The number of nitrogens with zero attached hydrogens (tertiary/aromatic N) is 2. The van der Waals surface area contributed by atoms with E-state index in [2.05, 4.69) is 29.4 Å². The predicted octanol–water partition coefficient (Wildman–Crippen LogP) is 3.82. The molecule has 7 heteroatoms. The number of rotatable bonds is 6. The highest BCUT2D eigenvalue weighted by Crippen LogP contribution is 2.30. The second kappa shape index (κ2) is 8.65. The number of urea groups is 1. The van der Waals surface area contributed by atoms with Crippen LogP contribution in [0.2, 0.25) is 0 Å². The van der Waals surface area contributed by atoms with E-state index in [1.54, 1.807) is 6.92 Å². The lowest BCUT2D eigenvalue weighted by Gasteiger charge is -2.23. The first-order valence-corrected chi connectivity index (χ1v) is 11.2. The second-order valence-electron chi connectivity index (χ2n) is 9.01. The van der Waals surface area contributed by atoms with Gasteiger partial charge in [-0.05, 0) is 61.1 Å². The lowest BCUT2D eigenvalue weighted by Crippen LogP contribution is -2.42. The van der Waals surface area contributed by atoms with E-state index >= 15 is 0 Å². The van der Waals surface area contributed by atoms with Crippen molar-refractivity contribution in [3.8, 4) is 0 Å². The molecule has 2 aliphatic rings. The van der Waals surface area contributed by atoms with Crippen LogP contribution < -0.4 is 15.5 Å². The Labute approximate surface area is 188 Å². The van der Waals surface area contributed by atoms with Gasteiger partial charge in [0.25, 0.3) is 5.91 Å². The molecule has 2 heterocycles. The number of nitrogens with one attached hydrogen (secondary N) is 2. The summed E-state index contributed by atoms with van der Waals surface area (Å²) in [7, 11) is 0. The summed E-state index contributed by atoms with van der Waals surface area (Å²) in [6.45, 7) is 7.64. The molecule has 2 N–H and O–H groups in total. The molecule has 4 amide bonds. The zero-order valence-electron chi connectivity index (χ0n) is 18.9. The van der Waals surface area contributed by atoms with Gasteiger partial charge in [-0.2, -0.15) is 0 Å². The van der Waals surface area contributed by atoms with Gasteiger partial charge in [0.1, 0.15) is 12.1 Å². The fourth-order valence-electron chi connectivity index (χ4n) is 4.31. The van der Waals surface area contributed by atoms with Gasteiger partial charge in [-0.1, -0.05) is 38.1 Å². The number of carbonyl (C=O) groups is 3. The Morgan fingerprint density at radius 2 is 1.66 bits per heavy atom. The van der Waals surface area contributed by atoms with E-state index in [0.29, 0.717) is 17.2 Å². The maximum absolute atomic E-state index is 13.1. The van der Waals surface area contributed by atoms with Crippen molar-refractivity contribution in [2.75, 3.05) is 29.9 Å². The number of hydrogen-bond acceptors (Lipinski definition) is 4. The van der Waals surface area contributed by atoms with Crippen LogP contribution in [0.3, 0.4) is 0 Å². The molecule has 1 unspecified atom stereocenters. The van der Waals surface area contributed by atoms with E-state index < -0.39 is 23.4 Å². The van der Waals surface area contributed by atoms with Crippen LogP contribution in [-0.2, 0) is 15.1 Å². The molecule has 4 rings (SSSR count). The molecule has 168 valence electrons. The van der Waals surface area contributed by atoms with Crippen LogP contribution in [-0.4, -0.2) is 42.4 Å². The van der Waals surface area contributed by atoms with E-state index in [0.717, 1.165) is 29.2 Å². The first-order chi connectivity index (χ1) is 15.3. The molecule has 0 radical (unpaired) electrons. The van der Waals surface area contributed by atoms with Gasteiger partial charge in [0.05, 0.1) is 0 Å². The van der Waals surface area contributed by atoms with Crippen molar-refractivity contribution in [2.45, 2.75) is 45.1 Å². The minimum Gasteiger partial charge on any atom is -0.372 e. The Kier molecular flexibility index (Phi) is 5.91. The zero-order chi connectivity index (χ0) is 22.9. The van der Waals surface area contributed by atoms with Crippen LogP contribution in [0.25, 0.3) is 0 Å². The number of amides is 4. The largest absolute Gasteiger partial charge is 0.372 e. The molecule has 2 saturated heterocycles. The lowest BCUT2D eigenvalue weighted by molar-refractivity contribution is -0.133. The summed E-state index contributed by atoms with van der Waals surface area (Å²) in [6.07, 6.45) is 2.40. The van der Waals surface area contributed by atoms with Crippen molar-refractivity contribution in [3.05, 3.63) is 59.7 Å². The van der Waals surface area contributed by atoms with Crippen molar-refractivity contribution >= 4 is 29.2 Å². The topological polar surface area (TPSA) is 81.8 Å². The molecule has 2 aromatic rings. The third-order valence-corrected chi connectivity index (χ3v) is 6.35. The Balaban J connectivity index is 1.41. The molecule has 2 fully saturated rings. The molecular formula is C25H30N4O3. The highest BCUT2D eigenvalue weighted by Gasteiger charge is 2.49. The van der Waals surface area contributed by atoms with Crippen molar-refractivity contribution in [1.82, 2.24) is 10.2 Å². The number of anilines is 2. The van der Waals surface area contributed by atoms with Gasteiger partial charge >= 0.3 is 6.03 Å². The molecule has 2 aliphatic heterocycles. The van der Waals surface area contributed by atoms with Gasteiger partial charge in [-0.25, -0.2) is 4.79 Å². The third-order valence-electron chi connectivity index (χ3n) is 6.35. The van der Waals surface area contributed by atoms with Crippen LogP contribution in [0.15, 0.2) is 48.5 Å². The van der Waals surface area contributed by atoms with Crippen LogP contribution in [0.5, 0.6) is 0 Å². The molecule has 0 spiro atoms. The molecule has 0 aliphatic carbocycles. The number of benzene rings is 2. The maximum Gasteiger partial charge on any atom is 0.325 e. The Morgan fingerprint density at radius 1 is 1.03 bits per heavy atom. The minimum absolute atomic E-state index is 0.335. The van der Waals surface area contributed by atoms with Crippen LogP contribution in [0.4, 0.5) is 16.2 Å². The van der Waals surface area contributed by atoms with Crippen molar-refractivity contribution in [3.63, 3.8) is 0 Å². The van der Waals surface area contributed by atoms with Crippen molar-refractivity contribution in [2.24, 2.45) is 0 Å². The van der Waals surface area contributed by atoms with Gasteiger partial charge in [0.15, 0.2) is 0 Å². The summed E-state index contributed by atoms with van der Waals surface area (Å²) in [5, 5.41) is 5.54. The summed E-state index contributed by atoms with van der Waals surface area (Å²) >= 11 is 0. The average Bonchev–Trinajstić information content (AvgIpc) is 3.38. The predicted molar refractivity (Wildman–Crippen MR) is 125 cm³/mol. The quantitative estimate of drug-likeness (QED) is 0.678. The summed E-state index contributed by atoms with van der Waals surface area (Å²) in [6, 6.07) is 14.7. The molecule has 7 nitrogen and oxygen atoms in total. The van der Waals surface area contributed by atoms with E-state index in [9.17, 15) is 14.4 Å². The van der Waals surface area contributed by atoms with E-state index in [1.807, 2.05) is 48.5 Å².